The zero-order chi connectivity index (χ0) is 20.7. The van der Waals surface area contributed by atoms with Gasteiger partial charge in [0.05, 0.1) is 11.2 Å². The number of furan rings is 1. The predicted molar refractivity (Wildman–Crippen MR) is 112 cm³/mol. The molecular formula is C22H17ClN2O4S. The molecule has 6 nitrogen and oxygen atoms in total. The van der Waals surface area contributed by atoms with Gasteiger partial charge < -0.3 is 13.7 Å². The second kappa shape index (κ2) is 7.34. The highest BCUT2D eigenvalue weighted by atomic mass is 35.5. The molecule has 0 atom stereocenters. The Labute approximate surface area is 178 Å². The zero-order valence-corrected chi connectivity index (χ0v) is 17.4. The van der Waals surface area contributed by atoms with Crippen LogP contribution in [0.25, 0.3) is 11.7 Å². The average molecular weight is 441 g/mol. The molecule has 8 heteroatoms. The Hall–Kier alpha value is -3.03. The van der Waals surface area contributed by atoms with Gasteiger partial charge in [-0.25, -0.2) is 8.42 Å². The highest BCUT2D eigenvalue weighted by Crippen LogP contribution is 2.37. The van der Waals surface area contributed by atoms with Gasteiger partial charge >= 0.3 is 0 Å². The average Bonchev–Trinajstić information content (AvgIpc) is 3.44. The van der Waals surface area contributed by atoms with E-state index in [0.29, 0.717) is 23.9 Å². The third-order valence-corrected chi connectivity index (χ3v) is 7.03. The summed E-state index contributed by atoms with van der Waals surface area (Å²) in [7, 11) is -3.93. The molecule has 5 rings (SSSR count). The van der Waals surface area contributed by atoms with Crippen LogP contribution in [0, 0.1) is 0 Å². The van der Waals surface area contributed by atoms with Crippen LogP contribution in [0.5, 0.6) is 0 Å². The van der Waals surface area contributed by atoms with Gasteiger partial charge in [0.15, 0.2) is 5.76 Å². The number of anilines is 1. The van der Waals surface area contributed by atoms with Gasteiger partial charge in [0.2, 0.25) is 20.7 Å². The molecule has 0 N–H and O–H groups in total. The molecule has 0 amide bonds. The number of fused-ring (bicyclic) bond motifs is 1. The number of oxazole rings is 1. The molecule has 0 saturated heterocycles. The van der Waals surface area contributed by atoms with Gasteiger partial charge in [0.25, 0.3) is 5.89 Å². The Morgan fingerprint density at radius 3 is 2.47 bits per heavy atom. The second-order valence-corrected chi connectivity index (χ2v) is 9.31. The molecular weight excluding hydrogens is 424 g/mol. The fraction of sp³-hybridized carbons (Fsp3) is 0.136. The van der Waals surface area contributed by atoms with Crippen molar-refractivity contribution >= 4 is 27.3 Å². The van der Waals surface area contributed by atoms with E-state index in [4.69, 9.17) is 20.4 Å². The van der Waals surface area contributed by atoms with Crippen molar-refractivity contribution in [1.82, 2.24) is 4.98 Å². The van der Waals surface area contributed by atoms with Crippen LogP contribution in [-0.2, 0) is 22.8 Å². The third-order valence-electron chi connectivity index (χ3n) is 5.11. The first kappa shape index (κ1) is 19.0. The first-order valence-corrected chi connectivity index (χ1v) is 11.3. The first-order chi connectivity index (χ1) is 14.5. The molecule has 0 fully saturated rings. The van der Waals surface area contributed by atoms with E-state index in [1.54, 1.807) is 24.3 Å². The SMILES string of the molecule is O=S(=O)(c1ccc(Cl)cc1)c1nc(-c2ccco2)oc1N1CCc2ccccc2C1. The van der Waals surface area contributed by atoms with Gasteiger partial charge in [-0.1, -0.05) is 35.9 Å². The van der Waals surface area contributed by atoms with E-state index < -0.39 is 9.84 Å². The van der Waals surface area contributed by atoms with E-state index in [1.165, 1.54) is 24.0 Å². The summed E-state index contributed by atoms with van der Waals surface area (Å²) in [6, 6.07) is 17.5. The van der Waals surface area contributed by atoms with Gasteiger partial charge in [-0.3, -0.25) is 0 Å². The fourth-order valence-corrected chi connectivity index (χ4v) is 5.02. The Bertz CT molecular complexity index is 1300. The summed E-state index contributed by atoms with van der Waals surface area (Å²) in [5.74, 6) is 0.707. The quantitative estimate of drug-likeness (QED) is 0.445. The number of aromatic nitrogens is 1. The summed E-state index contributed by atoms with van der Waals surface area (Å²) in [5, 5.41) is 0.328. The lowest BCUT2D eigenvalue weighted by molar-refractivity contribution is 0.502. The van der Waals surface area contributed by atoms with Crippen LogP contribution in [0.1, 0.15) is 11.1 Å². The van der Waals surface area contributed by atoms with E-state index in [1.807, 2.05) is 23.1 Å². The molecule has 1 aliphatic rings. The Balaban J connectivity index is 1.62. The number of nitrogens with zero attached hydrogens (tertiary/aromatic N) is 2. The maximum Gasteiger partial charge on any atom is 0.266 e. The summed E-state index contributed by atoms with van der Waals surface area (Å²) < 4.78 is 38.2. The van der Waals surface area contributed by atoms with Crippen molar-refractivity contribution in [2.45, 2.75) is 22.9 Å². The minimum atomic E-state index is -3.93. The number of halogens is 1. The topological polar surface area (TPSA) is 76.5 Å². The number of benzene rings is 2. The lowest BCUT2D eigenvalue weighted by atomic mass is 10.0. The van der Waals surface area contributed by atoms with Crippen LogP contribution in [0.15, 0.2) is 85.7 Å². The molecule has 1 aliphatic heterocycles. The van der Waals surface area contributed by atoms with Gasteiger partial charge in [-0.2, -0.15) is 4.98 Å². The molecule has 2 aromatic carbocycles. The van der Waals surface area contributed by atoms with Crippen molar-refractivity contribution in [1.29, 1.82) is 0 Å². The van der Waals surface area contributed by atoms with Crippen LogP contribution in [0.2, 0.25) is 5.02 Å². The normalized spacial score (nSPS) is 14.0. The molecule has 0 aliphatic carbocycles. The van der Waals surface area contributed by atoms with Crippen LogP contribution in [0.4, 0.5) is 5.88 Å². The van der Waals surface area contributed by atoms with Gasteiger partial charge in [0, 0.05) is 18.1 Å². The van der Waals surface area contributed by atoms with Crippen molar-refractivity contribution in [2.24, 2.45) is 0 Å². The lowest BCUT2D eigenvalue weighted by Crippen LogP contribution is -2.31. The number of sulfone groups is 1. The number of rotatable bonds is 4. The molecule has 2 aromatic heterocycles. The fourth-order valence-electron chi connectivity index (χ4n) is 3.57. The van der Waals surface area contributed by atoms with Crippen LogP contribution >= 0.6 is 11.6 Å². The zero-order valence-electron chi connectivity index (χ0n) is 15.8. The van der Waals surface area contributed by atoms with E-state index in [9.17, 15) is 8.42 Å². The summed E-state index contributed by atoms with van der Waals surface area (Å²) in [6.45, 7) is 1.15. The van der Waals surface area contributed by atoms with Gasteiger partial charge in [0.1, 0.15) is 0 Å². The van der Waals surface area contributed by atoms with Gasteiger partial charge in [-0.15, -0.1) is 0 Å². The Morgan fingerprint density at radius 2 is 1.73 bits per heavy atom. The van der Waals surface area contributed by atoms with Crippen molar-refractivity contribution in [3.8, 4) is 11.7 Å². The molecule has 0 unspecified atom stereocenters. The van der Waals surface area contributed by atoms with Crippen molar-refractivity contribution < 1.29 is 17.3 Å². The molecule has 4 aromatic rings. The molecule has 0 bridgehead atoms. The van der Waals surface area contributed by atoms with Crippen LogP contribution < -0.4 is 4.90 Å². The van der Waals surface area contributed by atoms with Crippen molar-refractivity contribution in [3.63, 3.8) is 0 Å². The summed E-state index contributed by atoms with van der Waals surface area (Å²) in [6.07, 6.45) is 2.27. The first-order valence-electron chi connectivity index (χ1n) is 9.39. The van der Waals surface area contributed by atoms with E-state index >= 15 is 0 Å². The maximum absolute atomic E-state index is 13.4. The Morgan fingerprint density at radius 1 is 0.967 bits per heavy atom. The monoisotopic (exact) mass is 440 g/mol. The van der Waals surface area contributed by atoms with Crippen LogP contribution in [0.3, 0.4) is 0 Å². The van der Waals surface area contributed by atoms with Crippen LogP contribution in [-0.4, -0.2) is 19.9 Å². The minimum Gasteiger partial charge on any atom is -0.459 e. The number of hydrogen-bond acceptors (Lipinski definition) is 6. The summed E-state index contributed by atoms with van der Waals surface area (Å²) >= 11 is 5.93. The standard InChI is InChI=1S/C22H17ClN2O4S/c23-17-7-9-18(10-8-17)30(26,27)21-22(29-20(24-21)19-6-3-13-28-19)25-12-11-15-4-1-2-5-16(15)14-25/h1-10,13H,11-12,14H2. The smallest absolute Gasteiger partial charge is 0.266 e. The highest BCUT2D eigenvalue weighted by molar-refractivity contribution is 7.91. The largest absolute Gasteiger partial charge is 0.459 e. The molecule has 0 saturated carbocycles. The summed E-state index contributed by atoms with van der Waals surface area (Å²) in [4.78, 5) is 6.34. The lowest BCUT2D eigenvalue weighted by Gasteiger charge is -2.28. The summed E-state index contributed by atoms with van der Waals surface area (Å²) in [5.41, 5.74) is 2.39. The molecule has 0 radical (unpaired) electrons. The van der Waals surface area contributed by atoms with Crippen molar-refractivity contribution in [3.05, 3.63) is 83.1 Å². The van der Waals surface area contributed by atoms with Crippen molar-refractivity contribution in [2.75, 3.05) is 11.4 Å². The van der Waals surface area contributed by atoms with E-state index in [-0.39, 0.29) is 21.7 Å². The molecule has 30 heavy (non-hydrogen) atoms. The predicted octanol–water partition coefficient (Wildman–Crippen LogP) is 4.98. The minimum absolute atomic E-state index is 0.102. The molecule has 152 valence electrons. The van der Waals surface area contributed by atoms with E-state index in [2.05, 4.69) is 11.1 Å². The Kier molecular flexibility index (Phi) is 4.64. The second-order valence-electron chi connectivity index (χ2n) is 7.00. The maximum atomic E-state index is 13.4. The molecule has 0 spiro atoms. The highest BCUT2D eigenvalue weighted by Gasteiger charge is 2.33. The molecule has 3 heterocycles. The third kappa shape index (κ3) is 3.30. The van der Waals surface area contributed by atoms with Gasteiger partial charge in [-0.05, 0) is 53.9 Å². The number of hydrogen-bond donors (Lipinski definition) is 0. The van der Waals surface area contributed by atoms with E-state index in [0.717, 1.165) is 12.0 Å².